The summed E-state index contributed by atoms with van der Waals surface area (Å²) in [4.78, 5) is 0. The summed E-state index contributed by atoms with van der Waals surface area (Å²) in [5, 5.41) is 0. The van der Waals surface area contributed by atoms with E-state index < -0.39 is 5.79 Å². The Balaban J connectivity index is 1.99. The normalized spacial score (nSPS) is 35.9. The largest absolute Gasteiger partial charge is 0.347 e. The molecule has 1 aliphatic heterocycles. The SMILES string of the molecule is C=C[C@H]1C[C@@H](C2CCCCC2)OC(C)(C)O1. The zero-order valence-corrected chi connectivity index (χ0v) is 10.6. The maximum absolute atomic E-state index is 6.08. The molecule has 0 aromatic rings. The van der Waals surface area contributed by atoms with Crippen LogP contribution in [0.5, 0.6) is 0 Å². The average molecular weight is 224 g/mol. The molecule has 2 nitrogen and oxygen atoms in total. The Morgan fingerprint density at radius 3 is 2.44 bits per heavy atom. The zero-order valence-electron chi connectivity index (χ0n) is 10.6. The van der Waals surface area contributed by atoms with E-state index in [1.54, 1.807) is 0 Å². The Labute approximate surface area is 99.0 Å². The van der Waals surface area contributed by atoms with Crippen molar-refractivity contribution in [3.8, 4) is 0 Å². The third kappa shape index (κ3) is 2.86. The molecule has 2 rings (SSSR count). The number of ether oxygens (including phenoxy) is 2. The van der Waals surface area contributed by atoms with Crippen molar-refractivity contribution in [2.45, 2.75) is 70.4 Å². The van der Waals surface area contributed by atoms with Gasteiger partial charge in [0, 0.05) is 6.42 Å². The van der Waals surface area contributed by atoms with Crippen LogP contribution in [0.3, 0.4) is 0 Å². The summed E-state index contributed by atoms with van der Waals surface area (Å²) < 4.78 is 11.9. The van der Waals surface area contributed by atoms with Crippen LogP contribution in [0.2, 0.25) is 0 Å². The number of hydrogen-bond acceptors (Lipinski definition) is 2. The summed E-state index contributed by atoms with van der Waals surface area (Å²) in [6.45, 7) is 7.87. The molecule has 1 saturated heterocycles. The van der Waals surface area contributed by atoms with E-state index in [4.69, 9.17) is 9.47 Å². The lowest BCUT2D eigenvalue weighted by atomic mass is 9.82. The summed E-state index contributed by atoms with van der Waals surface area (Å²) in [5.41, 5.74) is 0. The van der Waals surface area contributed by atoms with Crippen molar-refractivity contribution in [3.05, 3.63) is 12.7 Å². The summed E-state index contributed by atoms with van der Waals surface area (Å²) in [6.07, 6.45) is 10.2. The Morgan fingerprint density at radius 1 is 1.12 bits per heavy atom. The van der Waals surface area contributed by atoms with E-state index in [-0.39, 0.29) is 6.10 Å². The third-order valence-electron chi connectivity index (χ3n) is 3.77. The molecule has 0 amide bonds. The topological polar surface area (TPSA) is 18.5 Å². The summed E-state index contributed by atoms with van der Waals surface area (Å²) in [5.74, 6) is 0.290. The van der Waals surface area contributed by atoms with Crippen LogP contribution >= 0.6 is 0 Å². The van der Waals surface area contributed by atoms with Crippen LogP contribution in [-0.2, 0) is 9.47 Å². The Hall–Kier alpha value is -0.340. The first-order chi connectivity index (χ1) is 7.61. The molecule has 0 spiro atoms. The Kier molecular flexibility index (Phi) is 3.70. The molecule has 0 N–H and O–H groups in total. The van der Waals surface area contributed by atoms with E-state index in [1.165, 1.54) is 32.1 Å². The molecule has 0 aromatic heterocycles. The lowest BCUT2D eigenvalue weighted by molar-refractivity contribution is -0.300. The van der Waals surface area contributed by atoms with Crippen LogP contribution in [0.4, 0.5) is 0 Å². The van der Waals surface area contributed by atoms with Gasteiger partial charge in [-0.3, -0.25) is 0 Å². The van der Waals surface area contributed by atoms with E-state index in [2.05, 4.69) is 6.58 Å². The van der Waals surface area contributed by atoms with Gasteiger partial charge in [-0.1, -0.05) is 25.3 Å². The van der Waals surface area contributed by atoms with Crippen molar-refractivity contribution in [2.75, 3.05) is 0 Å². The first-order valence-corrected chi connectivity index (χ1v) is 6.59. The van der Waals surface area contributed by atoms with Gasteiger partial charge >= 0.3 is 0 Å². The molecule has 1 aliphatic carbocycles. The van der Waals surface area contributed by atoms with E-state index in [0.717, 1.165) is 12.3 Å². The van der Waals surface area contributed by atoms with Gasteiger partial charge in [0.2, 0.25) is 0 Å². The van der Waals surface area contributed by atoms with Gasteiger partial charge < -0.3 is 9.47 Å². The Morgan fingerprint density at radius 2 is 1.81 bits per heavy atom. The fraction of sp³-hybridized carbons (Fsp3) is 0.857. The highest BCUT2D eigenvalue weighted by molar-refractivity contribution is 4.90. The van der Waals surface area contributed by atoms with Crippen molar-refractivity contribution < 1.29 is 9.47 Å². The van der Waals surface area contributed by atoms with Crippen molar-refractivity contribution in [2.24, 2.45) is 5.92 Å². The molecular weight excluding hydrogens is 200 g/mol. The lowest BCUT2D eigenvalue weighted by Gasteiger charge is -2.43. The smallest absolute Gasteiger partial charge is 0.163 e. The highest BCUT2D eigenvalue weighted by atomic mass is 16.7. The second-order valence-electron chi connectivity index (χ2n) is 5.58. The molecule has 2 fully saturated rings. The fourth-order valence-corrected chi connectivity index (χ4v) is 3.02. The Bertz CT molecular complexity index is 241. The maximum atomic E-state index is 6.08. The number of rotatable bonds is 2. The third-order valence-corrected chi connectivity index (χ3v) is 3.77. The van der Waals surface area contributed by atoms with E-state index in [1.807, 2.05) is 19.9 Å². The average Bonchev–Trinajstić information content (AvgIpc) is 2.28. The molecule has 0 unspecified atom stereocenters. The van der Waals surface area contributed by atoms with Crippen LogP contribution in [0.25, 0.3) is 0 Å². The zero-order chi connectivity index (χ0) is 11.6. The monoisotopic (exact) mass is 224 g/mol. The van der Waals surface area contributed by atoms with E-state index >= 15 is 0 Å². The van der Waals surface area contributed by atoms with Gasteiger partial charge in [-0.15, -0.1) is 6.58 Å². The standard InChI is InChI=1S/C14H24O2/c1-4-12-10-13(16-14(2,3)15-12)11-8-6-5-7-9-11/h4,11-13H,1,5-10H2,2-3H3/t12-,13-/m0/s1. The highest BCUT2D eigenvalue weighted by Gasteiger charge is 2.38. The lowest BCUT2D eigenvalue weighted by Crippen LogP contribution is -2.46. The highest BCUT2D eigenvalue weighted by Crippen LogP contribution is 2.36. The van der Waals surface area contributed by atoms with Crippen LogP contribution in [0.15, 0.2) is 12.7 Å². The van der Waals surface area contributed by atoms with Gasteiger partial charge in [-0.25, -0.2) is 0 Å². The summed E-state index contributed by atoms with van der Waals surface area (Å²) in [7, 11) is 0. The predicted molar refractivity (Wildman–Crippen MR) is 65.2 cm³/mol. The van der Waals surface area contributed by atoms with Crippen molar-refractivity contribution in [3.63, 3.8) is 0 Å². The first-order valence-electron chi connectivity index (χ1n) is 6.59. The van der Waals surface area contributed by atoms with Crippen molar-refractivity contribution in [1.82, 2.24) is 0 Å². The molecule has 0 bridgehead atoms. The second kappa shape index (κ2) is 4.89. The van der Waals surface area contributed by atoms with Crippen LogP contribution in [-0.4, -0.2) is 18.0 Å². The molecule has 16 heavy (non-hydrogen) atoms. The van der Waals surface area contributed by atoms with Gasteiger partial charge in [0.05, 0.1) is 12.2 Å². The first kappa shape index (κ1) is 12.1. The van der Waals surface area contributed by atoms with Gasteiger partial charge in [-0.2, -0.15) is 0 Å². The molecule has 2 atom stereocenters. The minimum absolute atomic E-state index is 0.163. The molecule has 2 heteroatoms. The van der Waals surface area contributed by atoms with Crippen LogP contribution in [0.1, 0.15) is 52.4 Å². The maximum Gasteiger partial charge on any atom is 0.163 e. The number of hydrogen-bond donors (Lipinski definition) is 0. The van der Waals surface area contributed by atoms with Crippen LogP contribution < -0.4 is 0 Å². The van der Waals surface area contributed by atoms with E-state index in [9.17, 15) is 0 Å². The molecule has 1 heterocycles. The fourth-order valence-electron chi connectivity index (χ4n) is 3.02. The van der Waals surface area contributed by atoms with Gasteiger partial charge in [0.25, 0.3) is 0 Å². The minimum atomic E-state index is -0.445. The molecular formula is C14H24O2. The molecule has 1 saturated carbocycles. The quantitative estimate of drug-likeness (QED) is 0.666. The molecule has 92 valence electrons. The minimum Gasteiger partial charge on any atom is -0.347 e. The molecule has 2 aliphatic rings. The van der Waals surface area contributed by atoms with Crippen molar-refractivity contribution >= 4 is 0 Å². The van der Waals surface area contributed by atoms with Gasteiger partial charge in [0.15, 0.2) is 5.79 Å². The van der Waals surface area contributed by atoms with Crippen LogP contribution in [0, 0.1) is 5.92 Å². The van der Waals surface area contributed by atoms with Gasteiger partial charge in [0.1, 0.15) is 0 Å². The van der Waals surface area contributed by atoms with Crippen molar-refractivity contribution in [1.29, 1.82) is 0 Å². The summed E-state index contributed by atoms with van der Waals surface area (Å²) in [6, 6.07) is 0. The molecule has 0 aromatic carbocycles. The van der Waals surface area contributed by atoms with E-state index in [0.29, 0.717) is 6.10 Å². The summed E-state index contributed by atoms with van der Waals surface area (Å²) >= 11 is 0. The second-order valence-corrected chi connectivity index (χ2v) is 5.58. The van der Waals surface area contributed by atoms with Gasteiger partial charge in [-0.05, 0) is 32.6 Å². The predicted octanol–water partition coefficient (Wildman–Crippen LogP) is 3.66. The molecule has 0 radical (unpaired) electrons.